The van der Waals surface area contributed by atoms with Gasteiger partial charge < -0.3 is 4.55 Å². The van der Waals surface area contributed by atoms with Crippen molar-refractivity contribution in [1.82, 2.24) is 0 Å². The minimum absolute atomic E-state index is 0.606. The first-order valence-corrected chi connectivity index (χ1v) is 2.57. The quantitative estimate of drug-likeness (QED) is 0.383. The molecule has 1 N–H and O–H groups in total. The van der Waals surface area contributed by atoms with Gasteiger partial charge in [0.1, 0.15) is 0 Å². The average molecular weight is 87.9 g/mol. The maximum Gasteiger partial charge on any atom is 0.244 e. The van der Waals surface area contributed by atoms with Gasteiger partial charge in [-0.1, -0.05) is 24.5 Å². The summed E-state index contributed by atoms with van der Waals surface area (Å²) in [4.78, 5) is 0. The Morgan fingerprint density at radius 3 is 2.20 bits per heavy atom. The van der Waals surface area contributed by atoms with Gasteiger partial charge in [-0.05, 0) is 0 Å². The summed E-state index contributed by atoms with van der Waals surface area (Å²) in [6.07, 6.45) is 2.45. The van der Waals surface area contributed by atoms with Crippen LogP contribution >= 0.6 is 11.9 Å². The molecule has 0 aliphatic carbocycles. The van der Waals surface area contributed by atoms with Gasteiger partial charge in [-0.2, -0.15) is 0 Å². The molecule has 1 saturated heterocycles. The van der Waals surface area contributed by atoms with Crippen molar-refractivity contribution in [2.45, 2.75) is 12.6 Å². The summed E-state index contributed by atoms with van der Waals surface area (Å²) in [6.45, 7) is 0. The van der Waals surface area contributed by atoms with E-state index < -0.39 is 0 Å². The summed E-state index contributed by atoms with van der Waals surface area (Å²) in [5.74, 6) is 0.606. The van der Waals surface area contributed by atoms with Crippen LogP contribution in [0.2, 0.25) is 12.6 Å². The molecule has 0 radical (unpaired) electrons. The molecule has 3 heteroatoms. The zero-order valence-corrected chi connectivity index (χ0v) is 3.66. The molecule has 0 saturated carbocycles. The predicted molar refractivity (Wildman–Crippen MR) is 25.6 cm³/mol. The third-order valence-electron chi connectivity index (χ3n) is 0.673. The fraction of sp³-hybridized carbons (Fsp3) is 1.00. The molecule has 0 aromatic carbocycles. The fourth-order valence-electron chi connectivity index (χ4n) is 0.173. The van der Waals surface area contributed by atoms with Crippen molar-refractivity contribution in [3.8, 4) is 0 Å². The summed E-state index contributed by atoms with van der Waals surface area (Å²) in [7, 11) is 0. The van der Waals surface area contributed by atoms with E-state index >= 15 is 0 Å². The van der Waals surface area contributed by atoms with E-state index in [1.165, 1.54) is 12.6 Å². The Hall–Kier alpha value is 0.375. The summed E-state index contributed by atoms with van der Waals surface area (Å²) in [6, 6.07) is 0. The van der Waals surface area contributed by atoms with Crippen LogP contribution in [0, 0.1) is 0 Å². The molecular weight excluding hydrogens is 82.9 g/mol. The minimum Gasteiger partial charge on any atom is -0.342 e. The van der Waals surface area contributed by atoms with Gasteiger partial charge in [-0.3, -0.25) is 0 Å². The minimum atomic E-state index is 0.606. The highest BCUT2D eigenvalue weighted by Gasteiger charge is 2.26. The molecular formula is C2H5BOS. The Balaban J connectivity index is 2.00. The molecule has 1 heterocycles. The zero-order chi connectivity index (χ0) is 3.70. The molecule has 0 atom stereocenters. The molecule has 0 aromatic rings. The highest BCUT2D eigenvalue weighted by molar-refractivity contribution is 8.22. The SMILES string of the molecule is OSB1CC1. The van der Waals surface area contributed by atoms with Crippen LogP contribution in [-0.2, 0) is 0 Å². The maximum absolute atomic E-state index is 8.12. The number of hydrogen-bond donors (Lipinski definition) is 1. The second-order valence-corrected chi connectivity index (χ2v) is 2.18. The van der Waals surface area contributed by atoms with Gasteiger partial charge >= 0.3 is 0 Å². The molecule has 0 amide bonds. The summed E-state index contributed by atoms with van der Waals surface area (Å²) in [5, 5.41) is 0. The van der Waals surface area contributed by atoms with Crippen LogP contribution in [0.5, 0.6) is 0 Å². The second kappa shape index (κ2) is 1.23. The van der Waals surface area contributed by atoms with Crippen LogP contribution < -0.4 is 0 Å². The molecule has 1 rings (SSSR count). The van der Waals surface area contributed by atoms with Crippen molar-refractivity contribution < 1.29 is 4.55 Å². The van der Waals surface area contributed by atoms with E-state index in [1.807, 2.05) is 0 Å². The highest BCUT2D eigenvalue weighted by Crippen LogP contribution is 2.29. The summed E-state index contributed by atoms with van der Waals surface area (Å²) >= 11 is 0.991. The lowest BCUT2D eigenvalue weighted by molar-refractivity contribution is 0.674. The van der Waals surface area contributed by atoms with Gasteiger partial charge in [-0.25, -0.2) is 0 Å². The van der Waals surface area contributed by atoms with Crippen molar-refractivity contribution in [3.63, 3.8) is 0 Å². The van der Waals surface area contributed by atoms with E-state index in [0.717, 1.165) is 11.9 Å². The lowest BCUT2D eigenvalue weighted by Gasteiger charge is -1.68. The van der Waals surface area contributed by atoms with Crippen molar-refractivity contribution in [3.05, 3.63) is 0 Å². The first-order chi connectivity index (χ1) is 2.43. The Morgan fingerprint density at radius 2 is 2.20 bits per heavy atom. The molecule has 0 aromatic heterocycles. The molecule has 1 fully saturated rings. The topological polar surface area (TPSA) is 20.2 Å². The third kappa shape index (κ3) is 0.854. The first-order valence-electron chi connectivity index (χ1n) is 1.73. The molecule has 1 aliphatic rings. The Bertz CT molecular complexity index is 36.6. The van der Waals surface area contributed by atoms with E-state index in [2.05, 4.69) is 0 Å². The van der Waals surface area contributed by atoms with Crippen molar-refractivity contribution >= 4 is 17.9 Å². The van der Waals surface area contributed by atoms with E-state index in [1.54, 1.807) is 0 Å². The predicted octanol–water partition coefficient (Wildman–Crippen LogP) is 1.20. The van der Waals surface area contributed by atoms with Crippen molar-refractivity contribution in [2.24, 2.45) is 0 Å². The maximum atomic E-state index is 8.12. The van der Waals surface area contributed by atoms with Gasteiger partial charge in [0.25, 0.3) is 0 Å². The molecule has 0 bridgehead atoms. The van der Waals surface area contributed by atoms with Crippen LogP contribution in [-0.4, -0.2) is 10.5 Å². The summed E-state index contributed by atoms with van der Waals surface area (Å²) < 4.78 is 8.12. The van der Waals surface area contributed by atoms with E-state index in [4.69, 9.17) is 4.55 Å². The first kappa shape index (κ1) is 3.56. The average Bonchev–Trinajstić information content (AvgIpc) is 2.12. The van der Waals surface area contributed by atoms with Crippen LogP contribution in [0.15, 0.2) is 0 Å². The lowest BCUT2D eigenvalue weighted by atomic mass is 10.1. The van der Waals surface area contributed by atoms with Gasteiger partial charge in [-0.15, -0.1) is 0 Å². The molecule has 28 valence electrons. The number of rotatable bonds is 1. The van der Waals surface area contributed by atoms with Gasteiger partial charge in [0.2, 0.25) is 5.99 Å². The second-order valence-electron chi connectivity index (χ2n) is 1.30. The summed E-state index contributed by atoms with van der Waals surface area (Å²) in [5.41, 5.74) is 0. The van der Waals surface area contributed by atoms with E-state index in [9.17, 15) is 0 Å². The molecule has 1 nitrogen and oxygen atoms in total. The molecule has 1 aliphatic heterocycles. The normalized spacial score (nSPS) is 19.8. The monoisotopic (exact) mass is 88.0 g/mol. The van der Waals surface area contributed by atoms with Crippen LogP contribution in [0.1, 0.15) is 0 Å². The third-order valence-corrected chi connectivity index (χ3v) is 1.44. The Labute approximate surface area is 35.9 Å². The molecule has 5 heavy (non-hydrogen) atoms. The van der Waals surface area contributed by atoms with Gasteiger partial charge in [0.15, 0.2) is 0 Å². The smallest absolute Gasteiger partial charge is 0.244 e. The number of hydrogen-bond acceptors (Lipinski definition) is 2. The fourth-order valence-corrected chi connectivity index (χ4v) is 0.520. The van der Waals surface area contributed by atoms with E-state index in [-0.39, 0.29) is 0 Å². The van der Waals surface area contributed by atoms with Gasteiger partial charge in [0.05, 0.1) is 0 Å². The van der Waals surface area contributed by atoms with Crippen LogP contribution in [0.4, 0.5) is 0 Å². The van der Waals surface area contributed by atoms with Crippen LogP contribution in [0.3, 0.4) is 0 Å². The Kier molecular flexibility index (Phi) is 0.873. The highest BCUT2D eigenvalue weighted by atomic mass is 32.2. The Morgan fingerprint density at radius 1 is 1.60 bits per heavy atom. The van der Waals surface area contributed by atoms with Crippen LogP contribution in [0.25, 0.3) is 0 Å². The molecule has 0 spiro atoms. The lowest BCUT2D eigenvalue weighted by Crippen LogP contribution is -1.69. The zero-order valence-electron chi connectivity index (χ0n) is 2.85. The van der Waals surface area contributed by atoms with Gasteiger partial charge in [0, 0.05) is 0 Å². The van der Waals surface area contributed by atoms with E-state index in [0.29, 0.717) is 5.99 Å². The molecule has 0 unspecified atom stereocenters. The largest absolute Gasteiger partial charge is 0.342 e. The van der Waals surface area contributed by atoms with Crippen molar-refractivity contribution in [1.29, 1.82) is 0 Å². The standard InChI is InChI=1S/C2H5BOS/c4-5-3-1-2-3/h4H,1-2H2. The van der Waals surface area contributed by atoms with Crippen molar-refractivity contribution in [2.75, 3.05) is 0 Å².